The molecular weight excluding hydrogens is 449 g/mol. The molecule has 0 N–H and O–H groups in total. The number of aromatic nitrogens is 1. The zero-order chi connectivity index (χ0) is 24.3. The van der Waals surface area contributed by atoms with Crippen LogP contribution in [0.15, 0.2) is 36.5 Å². The maximum atomic E-state index is 12.6. The van der Waals surface area contributed by atoms with Crippen molar-refractivity contribution in [2.45, 2.75) is 65.7 Å². The zero-order valence-corrected chi connectivity index (χ0v) is 24.1. The quantitative estimate of drug-likeness (QED) is 0.588. The van der Waals surface area contributed by atoms with E-state index in [9.17, 15) is 13.2 Å². The molecule has 2 aromatic rings. The van der Waals surface area contributed by atoms with E-state index in [0.29, 0.717) is 12.2 Å². The van der Waals surface area contributed by atoms with E-state index in [2.05, 4.69) is 9.71 Å². The normalized spacial score (nSPS) is 12.3. The smallest absolute Gasteiger partial charge is 0.496 e. The molecular formula is C24H34N3NaO4S. The molecule has 0 aliphatic heterocycles. The number of pyridine rings is 1. The van der Waals surface area contributed by atoms with E-state index in [1.54, 1.807) is 12.3 Å². The fourth-order valence-electron chi connectivity index (χ4n) is 3.20. The van der Waals surface area contributed by atoms with Crippen LogP contribution in [0, 0.1) is 6.92 Å². The zero-order valence-electron chi connectivity index (χ0n) is 21.3. The van der Waals surface area contributed by atoms with Crippen molar-refractivity contribution >= 4 is 16.3 Å². The number of nitrogens with zero attached hydrogens (tertiary/aromatic N) is 3. The summed E-state index contributed by atoms with van der Waals surface area (Å²) in [6.45, 7) is 14.2. The van der Waals surface area contributed by atoms with Gasteiger partial charge in [0.25, 0.3) is 0 Å². The summed E-state index contributed by atoms with van der Waals surface area (Å²) in [5, 5.41) is 0. The van der Waals surface area contributed by atoms with Crippen molar-refractivity contribution < 1.29 is 47.5 Å². The monoisotopic (exact) mass is 483 g/mol. The van der Waals surface area contributed by atoms with Gasteiger partial charge in [-0.2, -0.15) is 0 Å². The summed E-state index contributed by atoms with van der Waals surface area (Å²) < 4.78 is 35.2. The van der Waals surface area contributed by atoms with Gasteiger partial charge in [0.05, 0.1) is 0 Å². The Hall–Kier alpha value is -1.45. The molecule has 33 heavy (non-hydrogen) atoms. The molecule has 9 heteroatoms. The molecule has 2 rings (SSSR count). The van der Waals surface area contributed by atoms with Gasteiger partial charge in [-0.1, -0.05) is 65.3 Å². The van der Waals surface area contributed by atoms with Crippen LogP contribution in [0.1, 0.15) is 63.9 Å². The van der Waals surface area contributed by atoms with E-state index in [0.717, 1.165) is 26.7 Å². The second-order valence-electron chi connectivity index (χ2n) is 10.0. The summed E-state index contributed by atoms with van der Waals surface area (Å²) in [7, 11) is -2.82. The second kappa shape index (κ2) is 11.3. The predicted octanol–water partition coefficient (Wildman–Crippen LogP) is 2.28. The summed E-state index contributed by atoms with van der Waals surface area (Å²) >= 11 is 0. The van der Waals surface area contributed by atoms with Crippen LogP contribution in [0.3, 0.4) is 0 Å². The molecule has 0 saturated heterocycles. The molecule has 0 aliphatic carbocycles. The van der Waals surface area contributed by atoms with Gasteiger partial charge in [0.1, 0.15) is 5.75 Å². The molecule has 0 unspecified atom stereocenters. The van der Waals surface area contributed by atoms with Crippen LogP contribution in [0.4, 0.5) is 4.79 Å². The molecule has 1 amide bonds. The largest absolute Gasteiger partial charge is 1.00 e. The summed E-state index contributed by atoms with van der Waals surface area (Å²) in [6.07, 6.45) is 0.892. The van der Waals surface area contributed by atoms with E-state index >= 15 is 0 Å². The predicted molar refractivity (Wildman–Crippen MR) is 127 cm³/mol. The number of rotatable bonds is 6. The minimum atomic E-state index is -4.20. The number of benzene rings is 1. The summed E-state index contributed by atoms with van der Waals surface area (Å²) in [5.74, 6) is 0.371. The van der Waals surface area contributed by atoms with E-state index < -0.39 is 16.3 Å². The number of carbonyl (C=O) groups is 1. The van der Waals surface area contributed by atoms with Crippen molar-refractivity contribution in [2.24, 2.45) is 0 Å². The Morgan fingerprint density at radius 2 is 1.61 bits per heavy atom. The van der Waals surface area contributed by atoms with Gasteiger partial charge in [0.2, 0.25) is 6.09 Å². The van der Waals surface area contributed by atoms with Gasteiger partial charge >= 0.3 is 29.6 Å². The molecule has 0 spiro atoms. The first-order valence-corrected chi connectivity index (χ1v) is 12.0. The van der Waals surface area contributed by atoms with E-state index in [-0.39, 0.29) is 46.9 Å². The number of amides is 1. The second-order valence-corrected chi connectivity index (χ2v) is 11.7. The summed E-state index contributed by atoms with van der Waals surface area (Å²) in [5.41, 5.74) is 2.80. The number of likely N-dealkylation sites (N-methyl/N-ethyl adjacent to an activating group) is 1. The van der Waals surface area contributed by atoms with Gasteiger partial charge in [-0.15, -0.1) is 0 Å². The van der Waals surface area contributed by atoms with Gasteiger partial charge < -0.3 is 9.46 Å². The molecule has 0 saturated carbocycles. The first-order chi connectivity index (χ1) is 14.6. The third-order valence-electron chi connectivity index (χ3n) is 5.03. The van der Waals surface area contributed by atoms with Gasteiger partial charge in [0, 0.05) is 43.0 Å². The van der Waals surface area contributed by atoms with Crippen molar-refractivity contribution in [3.63, 3.8) is 0 Å². The Morgan fingerprint density at radius 3 is 2.06 bits per heavy atom. The van der Waals surface area contributed by atoms with E-state index in [4.69, 9.17) is 4.74 Å². The van der Waals surface area contributed by atoms with Gasteiger partial charge in [-0.05, 0) is 29.9 Å². The molecule has 1 aromatic carbocycles. The van der Waals surface area contributed by atoms with Crippen molar-refractivity contribution in [1.29, 1.82) is 0 Å². The number of aryl methyl sites for hydroxylation is 1. The molecule has 0 aliphatic rings. The first kappa shape index (κ1) is 29.6. The topological polar surface area (TPSA) is 90.7 Å². The number of carbonyl (C=O) groups excluding carboxylic acids is 1. The van der Waals surface area contributed by atoms with Crippen LogP contribution in [0.5, 0.6) is 5.75 Å². The Balaban J connectivity index is 0.00000544. The molecule has 176 valence electrons. The van der Waals surface area contributed by atoms with Crippen molar-refractivity contribution in [3.05, 3.63) is 63.6 Å². The van der Waals surface area contributed by atoms with Crippen molar-refractivity contribution in [1.82, 2.24) is 9.29 Å². The maximum absolute atomic E-state index is 12.6. The third kappa shape index (κ3) is 8.37. The molecule has 1 aromatic heterocycles. The van der Waals surface area contributed by atoms with Crippen molar-refractivity contribution in [3.8, 4) is 5.75 Å². The Kier molecular flexibility index (Phi) is 10.1. The van der Waals surface area contributed by atoms with Crippen LogP contribution in [-0.2, 0) is 27.5 Å². The van der Waals surface area contributed by atoms with Gasteiger partial charge in [-0.25, -0.2) is 12.7 Å². The van der Waals surface area contributed by atoms with Crippen LogP contribution in [0.25, 0.3) is 4.72 Å². The maximum Gasteiger partial charge on any atom is 1.00 e. The Labute approximate surface area is 220 Å². The average Bonchev–Trinajstić information content (AvgIpc) is 2.65. The van der Waals surface area contributed by atoms with Gasteiger partial charge in [-0.3, -0.25) is 9.78 Å². The number of hydrogen-bond donors (Lipinski definition) is 0. The Bertz CT molecular complexity index is 1020. The molecule has 0 bridgehead atoms. The Morgan fingerprint density at radius 1 is 1.06 bits per heavy atom. The third-order valence-corrected chi connectivity index (χ3v) is 6.38. The fourth-order valence-corrected chi connectivity index (χ4v) is 3.89. The summed E-state index contributed by atoms with van der Waals surface area (Å²) in [4.78, 5) is 16.8. The van der Waals surface area contributed by atoms with Crippen LogP contribution < -0.4 is 34.3 Å². The molecule has 0 fully saturated rings. The molecule has 0 atom stereocenters. The van der Waals surface area contributed by atoms with Crippen LogP contribution >= 0.6 is 0 Å². The molecule has 1 heterocycles. The minimum absolute atomic E-state index is 0. The minimum Gasteiger partial charge on any atom is -0.496 e. The number of hydrogen-bond acceptors (Lipinski definition) is 5. The van der Waals surface area contributed by atoms with Crippen molar-refractivity contribution in [2.75, 3.05) is 13.6 Å². The average molecular weight is 484 g/mol. The summed E-state index contributed by atoms with van der Waals surface area (Å²) in [6, 6.07) is 9.36. The standard InChI is InChI=1S/C24H35N3O4S.Na/c1-17-15-19(23(2,3)4)21(20(16-17)24(5,6)7)31-22(28)26-32(29,30)27(8)14-12-18-11-9-10-13-25-18;/h9-11,13,15-16H,12,14H2,1-8H3,(H,26,28);/q;+1/p-1. The fraction of sp³-hybridized carbons (Fsp3) is 0.500. The van der Waals surface area contributed by atoms with E-state index in [1.165, 1.54) is 7.05 Å². The van der Waals surface area contributed by atoms with Gasteiger partial charge in [0.15, 0.2) is 10.2 Å². The molecule has 0 radical (unpaired) electrons. The van der Waals surface area contributed by atoms with Crippen LogP contribution in [0.2, 0.25) is 0 Å². The van der Waals surface area contributed by atoms with E-state index in [1.807, 2.05) is 72.7 Å². The first-order valence-electron chi connectivity index (χ1n) is 10.6. The molecule has 7 nitrogen and oxygen atoms in total. The SMILES string of the molecule is Cc1cc(C(C)(C)C)c(OC(=O)[N-]S(=O)(=O)N(C)CCc2ccccn2)c(C(C)(C)C)c1.[Na+]. The number of ether oxygens (including phenoxy) is 1. The van der Waals surface area contributed by atoms with Crippen LogP contribution in [-0.4, -0.2) is 37.4 Å².